The van der Waals surface area contributed by atoms with E-state index in [1.54, 1.807) is 11.4 Å². The van der Waals surface area contributed by atoms with Crippen LogP contribution in [0, 0.1) is 5.92 Å². The Morgan fingerprint density at radius 1 is 1.12 bits per heavy atom. The number of rotatable bonds is 9. The molecule has 1 aromatic heterocycles. The van der Waals surface area contributed by atoms with Crippen molar-refractivity contribution >= 4 is 33.2 Å². The normalized spacial score (nSPS) is 12.5. The maximum atomic E-state index is 11.9. The van der Waals surface area contributed by atoms with Gasteiger partial charge in [-0.2, -0.15) is 0 Å². The summed E-state index contributed by atoms with van der Waals surface area (Å²) in [6, 6.07) is 12.1. The number of hydrogen-bond donors (Lipinski definition) is 3. The van der Waals surface area contributed by atoms with Gasteiger partial charge >= 0.3 is 5.97 Å². The lowest BCUT2D eigenvalue weighted by atomic mass is 9.99. The topological polar surface area (TPSA) is 113 Å². The van der Waals surface area contributed by atoms with Crippen molar-refractivity contribution in [2.75, 3.05) is 13.1 Å². The van der Waals surface area contributed by atoms with Crippen LogP contribution < -0.4 is 10.0 Å². The molecule has 2 aromatic rings. The highest BCUT2D eigenvalue weighted by Gasteiger charge is 2.20. The molecule has 0 saturated heterocycles. The maximum Gasteiger partial charge on any atom is 0.308 e. The number of sulfonamides is 1. The summed E-state index contributed by atoms with van der Waals surface area (Å²) in [7, 11) is -3.72. The molecule has 134 valence electrons. The maximum absolute atomic E-state index is 11.9. The largest absolute Gasteiger partial charge is 0.481 e. The van der Waals surface area contributed by atoms with Gasteiger partial charge < -0.3 is 10.4 Å². The van der Waals surface area contributed by atoms with Gasteiger partial charge in [0.1, 0.15) is 4.21 Å². The molecule has 1 amide bonds. The molecule has 25 heavy (non-hydrogen) atoms. The number of benzene rings is 1. The molecule has 7 nitrogen and oxygen atoms in total. The summed E-state index contributed by atoms with van der Waals surface area (Å²) in [5.41, 5.74) is 0.850. The number of carbonyl (C=O) groups excluding carboxylic acids is 1. The fraction of sp³-hybridized carbons (Fsp3) is 0.250. The number of carbonyl (C=O) groups is 2. The third kappa shape index (κ3) is 5.96. The summed E-state index contributed by atoms with van der Waals surface area (Å²) in [5, 5.41) is 13.3. The fourth-order valence-electron chi connectivity index (χ4n) is 2.09. The Morgan fingerprint density at radius 2 is 1.84 bits per heavy atom. The van der Waals surface area contributed by atoms with Crippen LogP contribution in [0.15, 0.2) is 52.1 Å². The first-order valence-electron chi connectivity index (χ1n) is 7.45. The van der Waals surface area contributed by atoms with Crippen molar-refractivity contribution in [1.29, 1.82) is 0 Å². The molecule has 1 atom stereocenters. The number of amides is 1. The van der Waals surface area contributed by atoms with Crippen LogP contribution in [0.4, 0.5) is 0 Å². The molecule has 0 aliphatic carbocycles. The Hall–Kier alpha value is -2.23. The Bertz CT molecular complexity index is 804. The number of carboxylic acid groups (broad SMARTS) is 1. The highest BCUT2D eigenvalue weighted by Crippen LogP contribution is 2.14. The van der Waals surface area contributed by atoms with Gasteiger partial charge in [0.2, 0.25) is 5.91 Å². The minimum atomic E-state index is -3.72. The number of hydrogen-bond acceptors (Lipinski definition) is 5. The lowest BCUT2D eigenvalue weighted by Crippen LogP contribution is -2.40. The molecule has 0 saturated carbocycles. The molecular weight excluding hydrogens is 364 g/mol. The average Bonchev–Trinajstić information content (AvgIpc) is 3.13. The van der Waals surface area contributed by atoms with Crippen LogP contribution in [0.2, 0.25) is 0 Å². The monoisotopic (exact) mass is 382 g/mol. The molecule has 1 aromatic carbocycles. The molecule has 0 bridgehead atoms. The summed E-state index contributed by atoms with van der Waals surface area (Å²) < 4.78 is 26.1. The van der Waals surface area contributed by atoms with Crippen LogP contribution in [-0.2, 0) is 26.0 Å². The Morgan fingerprint density at radius 3 is 2.44 bits per heavy atom. The number of aliphatic carboxylic acids is 1. The van der Waals surface area contributed by atoms with E-state index in [9.17, 15) is 23.1 Å². The first-order valence-corrected chi connectivity index (χ1v) is 9.81. The molecule has 1 heterocycles. The van der Waals surface area contributed by atoms with Crippen molar-refractivity contribution in [3.63, 3.8) is 0 Å². The van der Waals surface area contributed by atoms with Crippen molar-refractivity contribution in [1.82, 2.24) is 10.0 Å². The lowest BCUT2D eigenvalue weighted by Gasteiger charge is -2.14. The van der Waals surface area contributed by atoms with Gasteiger partial charge in [-0.3, -0.25) is 9.59 Å². The number of carboxylic acids is 1. The van der Waals surface area contributed by atoms with Crippen LogP contribution in [0.25, 0.3) is 0 Å². The Labute approximate surface area is 149 Å². The summed E-state index contributed by atoms with van der Waals surface area (Å²) in [6.45, 7) is -0.526. The van der Waals surface area contributed by atoms with Crippen molar-refractivity contribution in [3.8, 4) is 0 Å². The first kappa shape index (κ1) is 19.1. The lowest BCUT2D eigenvalue weighted by molar-refractivity contribution is -0.141. The minimum absolute atomic E-state index is 0.0796. The third-order valence-electron chi connectivity index (χ3n) is 3.40. The van der Waals surface area contributed by atoms with Crippen molar-refractivity contribution < 1.29 is 23.1 Å². The van der Waals surface area contributed by atoms with Gasteiger partial charge in [0.25, 0.3) is 10.0 Å². The van der Waals surface area contributed by atoms with E-state index in [2.05, 4.69) is 10.0 Å². The summed E-state index contributed by atoms with van der Waals surface area (Å²) in [4.78, 5) is 23.1. The minimum Gasteiger partial charge on any atom is -0.481 e. The van der Waals surface area contributed by atoms with Gasteiger partial charge in [0, 0.05) is 6.54 Å². The van der Waals surface area contributed by atoms with Gasteiger partial charge in [-0.15, -0.1) is 11.3 Å². The molecule has 2 rings (SSSR count). The number of thiophene rings is 1. The van der Waals surface area contributed by atoms with Crippen LogP contribution >= 0.6 is 11.3 Å². The van der Waals surface area contributed by atoms with E-state index < -0.39 is 34.4 Å². The van der Waals surface area contributed by atoms with Gasteiger partial charge in [-0.25, -0.2) is 13.1 Å². The van der Waals surface area contributed by atoms with E-state index >= 15 is 0 Å². The van der Waals surface area contributed by atoms with Gasteiger partial charge in [0.05, 0.1) is 12.5 Å². The van der Waals surface area contributed by atoms with E-state index in [0.717, 1.165) is 16.9 Å². The molecule has 0 radical (unpaired) electrons. The first-order chi connectivity index (χ1) is 11.9. The summed E-state index contributed by atoms with van der Waals surface area (Å²) in [5.74, 6) is -2.40. The Kier molecular flexibility index (Phi) is 6.68. The zero-order chi connectivity index (χ0) is 18.3. The molecular formula is C16H18N2O5S2. The van der Waals surface area contributed by atoms with Gasteiger partial charge in [0.15, 0.2) is 0 Å². The van der Waals surface area contributed by atoms with Crippen LogP contribution in [-0.4, -0.2) is 38.5 Å². The van der Waals surface area contributed by atoms with E-state index in [1.165, 1.54) is 6.07 Å². The molecule has 3 N–H and O–H groups in total. The van der Waals surface area contributed by atoms with Gasteiger partial charge in [-0.05, 0) is 23.4 Å². The molecule has 0 aliphatic heterocycles. The summed E-state index contributed by atoms with van der Waals surface area (Å²) in [6.07, 6.45) is 0.275. The van der Waals surface area contributed by atoms with Crippen molar-refractivity contribution in [2.24, 2.45) is 5.92 Å². The average molecular weight is 382 g/mol. The van der Waals surface area contributed by atoms with Crippen LogP contribution in [0.1, 0.15) is 5.56 Å². The third-order valence-corrected chi connectivity index (χ3v) is 6.20. The molecule has 0 fully saturated rings. The van der Waals surface area contributed by atoms with Crippen LogP contribution in [0.5, 0.6) is 0 Å². The van der Waals surface area contributed by atoms with Gasteiger partial charge in [-0.1, -0.05) is 36.4 Å². The number of nitrogens with one attached hydrogen (secondary N) is 2. The van der Waals surface area contributed by atoms with Crippen molar-refractivity contribution in [2.45, 2.75) is 10.6 Å². The predicted molar refractivity (Wildman–Crippen MR) is 93.8 cm³/mol. The molecule has 9 heteroatoms. The zero-order valence-electron chi connectivity index (χ0n) is 13.2. The van der Waals surface area contributed by atoms with E-state index in [-0.39, 0.29) is 17.2 Å². The predicted octanol–water partition coefficient (Wildman–Crippen LogP) is 1.09. The smallest absolute Gasteiger partial charge is 0.308 e. The second-order valence-electron chi connectivity index (χ2n) is 5.29. The summed E-state index contributed by atoms with van der Waals surface area (Å²) >= 11 is 1.05. The standard InChI is InChI=1S/C16H18N2O5S2/c19-14(11-18-25(22,23)15-7-4-8-24-15)17-10-13(16(20)21)9-12-5-2-1-3-6-12/h1-8,13,18H,9-11H2,(H,17,19)(H,20,21). The second-order valence-corrected chi connectivity index (χ2v) is 8.23. The highest BCUT2D eigenvalue weighted by atomic mass is 32.2. The van der Waals surface area contributed by atoms with E-state index in [1.807, 2.05) is 30.3 Å². The zero-order valence-corrected chi connectivity index (χ0v) is 14.8. The molecule has 0 aliphatic rings. The SMILES string of the molecule is O=C(CNS(=O)(=O)c1cccs1)NCC(Cc1ccccc1)C(=O)O. The van der Waals surface area contributed by atoms with E-state index in [0.29, 0.717) is 0 Å². The Balaban J connectivity index is 1.84. The highest BCUT2D eigenvalue weighted by molar-refractivity contribution is 7.91. The van der Waals surface area contributed by atoms with Crippen LogP contribution in [0.3, 0.4) is 0 Å². The quantitative estimate of drug-likeness (QED) is 0.601. The second kappa shape index (κ2) is 8.75. The fourth-order valence-corrected chi connectivity index (χ4v) is 4.11. The van der Waals surface area contributed by atoms with Crippen molar-refractivity contribution in [3.05, 3.63) is 53.4 Å². The molecule has 0 spiro atoms. The van der Waals surface area contributed by atoms with E-state index in [4.69, 9.17) is 0 Å². The molecule has 1 unspecified atom stereocenters.